The number of nitrogens with zero attached hydrogens (tertiary/aromatic N) is 3. The molecule has 0 amide bonds. The summed E-state index contributed by atoms with van der Waals surface area (Å²) in [5, 5.41) is 0.179. The van der Waals surface area contributed by atoms with Gasteiger partial charge in [-0.15, -0.1) is 0 Å². The second-order valence-corrected chi connectivity index (χ2v) is 7.59. The first-order chi connectivity index (χ1) is 14.8. The van der Waals surface area contributed by atoms with Crippen molar-refractivity contribution in [2.24, 2.45) is 5.92 Å². The highest BCUT2D eigenvalue weighted by Crippen LogP contribution is 2.33. The second kappa shape index (κ2) is 9.20. The lowest BCUT2D eigenvalue weighted by molar-refractivity contribution is 0.273. The molecule has 0 aliphatic carbocycles. The molecule has 0 aliphatic heterocycles. The zero-order chi connectivity index (χ0) is 22.7. The summed E-state index contributed by atoms with van der Waals surface area (Å²) in [5.41, 5.74) is -0.721. The molecule has 0 atom stereocenters. The van der Waals surface area contributed by atoms with Crippen LogP contribution in [0.15, 0.2) is 32.6 Å². The number of aromatic nitrogens is 4. The average Bonchev–Trinajstić information content (AvgIpc) is 2.73. The summed E-state index contributed by atoms with van der Waals surface area (Å²) in [5.74, 6) is 1.56. The van der Waals surface area contributed by atoms with E-state index in [-0.39, 0.29) is 29.8 Å². The number of benzene rings is 1. The molecular formula is C22H28N4O5. The van der Waals surface area contributed by atoms with Gasteiger partial charge in [-0.3, -0.25) is 13.9 Å². The van der Waals surface area contributed by atoms with Crippen molar-refractivity contribution in [2.45, 2.75) is 47.2 Å². The van der Waals surface area contributed by atoms with Crippen LogP contribution in [0, 0.1) is 5.92 Å². The third-order valence-electron chi connectivity index (χ3n) is 5.13. The minimum Gasteiger partial charge on any atom is -0.493 e. The molecule has 0 spiro atoms. The summed E-state index contributed by atoms with van der Waals surface area (Å²) in [6.07, 6.45) is 0.901. The van der Waals surface area contributed by atoms with Crippen LogP contribution in [-0.4, -0.2) is 32.8 Å². The number of hydrogen-bond acceptors (Lipinski definition) is 6. The zero-order valence-electron chi connectivity index (χ0n) is 18.5. The first-order valence-corrected chi connectivity index (χ1v) is 10.4. The van der Waals surface area contributed by atoms with Crippen molar-refractivity contribution < 1.29 is 9.47 Å². The quantitative estimate of drug-likeness (QED) is 0.590. The third kappa shape index (κ3) is 4.26. The molecule has 0 fully saturated rings. The number of methoxy groups -OCH3 is 1. The lowest BCUT2D eigenvalue weighted by Crippen LogP contribution is -2.41. The van der Waals surface area contributed by atoms with E-state index >= 15 is 0 Å². The summed E-state index contributed by atoms with van der Waals surface area (Å²) >= 11 is 0. The Hall–Kier alpha value is -3.36. The molecule has 31 heavy (non-hydrogen) atoms. The van der Waals surface area contributed by atoms with Gasteiger partial charge in [0.05, 0.1) is 19.4 Å². The van der Waals surface area contributed by atoms with E-state index in [0.29, 0.717) is 29.6 Å². The van der Waals surface area contributed by atoms with E-state index in [2.05, 4.69) is 23.8 Å². The van der Waals surface area contributed by atoms with Crippen LogP contribution < -0.4 is 26.4 Å². The van der Waals surface area contributed by atoms with Crippen LogP contribution >= 0.6 is 0 Å². The van der Waals surface area contributed by atoms with Gasteiger partial charge in [-0.1, -0.05) is 13.8 Å². The fourth-order valence-electron chi connectivity index (χ4n) is 3.44. The van der Waals surface area contributed by atoms with Crippen LogP contribution in [-0.2, 0) is 13.1 Å². The van der Waals surface area contributed by atoms with Gasteiger partial charge in [0.25, 0.3) is 5.56 Å². The van der Waals surface area contributed by atoms with Gasteiger partial charge in [0.15, 0.2) is 17.1 Å². The summed E-state index contributed by atoms with van der Waals surface area (Å²) in [6.45, 7) is 8.75. The lowest BCUT2D eigenvalue weighted by atomic mass is 10.1. The monoisotopic (exact) mass is 428 g/mol. The van der Waals surface area contributed by atoms with E-state index < -0.39 is 16.9 Å². The predicted octanol–water partition coefficient (Wildman–Crippen LogP) is 2.39. The Bertz CT molecular complexity index is 1270. The number of nitrogens with one attached hydrogen (secondary N) is 1. The van der Waals surface area contributed by atoms with Gasteiger partial charge >= 0.3 is 11.4 Å². The number of aromatic amines is 1. The molecule has 1 aromatic carbocycles. The molecule has 3 rings (SSSR count). The number of H-pyrrole nitrogens is 1. The molecule has 0 unspecified atom stereocenters. The maximum absolute atomic E-state index is 13.1. The van der Waals surface area contributed by atoms with E-state index in [9.17, 15) is 14.4 Å². The van der Waals surface area contributed by atoms with Gasteiger partial charge < -0.3 is 14.5 Å². The summed E-state index contributed by atoms with van der Waals surface area (Å²) < 4.78 is 13.8. The van der Waals surface area contributed by atoms with Crippen molar-refractivity contribution in [1.29, 1.82) is 0 Å². The van der Waals surface area contributed by atoms with Crippen molar-refractivity contribution >= 4 is 11.0 Å². The molecule has 9 nitrogen and oxygen atoms in total. The molecular weight excluding hydrogens is 400 g/mol. The highest BCUT2D eigenvalue weighted by molar-refractivity contribution is 5.90. The van der Waals surface area contributed by atoms with Gasteiger partial charge in [-0.05, 0) is 44.4 Å². The Morgan fingerprint density at radius 1 is 1.06 bits per heavy atom. The number of ether oxygens (including phenoxy) is 2. The standard InChI is InChI=1S/C22H28N4O5/c1-6-25-19-17(20(27)26(7-2)22(25)29)18(23-21(28)24-19)14-8-9-15(16(12-14)30-5)31-11-10-13(3)4/h8-9,12-13H,6-7,10-11H2,1-5H3,(H,23,24,28). The second-order valence-electron chi connectivity index (χ2n) is 7.59. The van der Waals surface area contributed by atoms with Crippen LogP contribution in [0.1, 0.15) is 34.1 Å². The molecule has 2 heterocycles. The first kappa shape index (κ1) is 22.3. The van der Waals surface area contributed by atoms with E-state index in [1.807, 2.05) is 0 Å². The Labute approximate surface area is 179 Å². The Kier molecular flexibility index (Phi) is 6.62. The molecule has 0 saturated heterocycles. The molecule has 3 aromatic rings. The van der Waals surface area contributed by atoms with E-state index in [0.717, 1.165) is 11.0 Å². The maximum Gasteiger partial charge on any atom is 0.347 e. The van der Waals surface area contributed by atoms with Gasteiger partial charge in [0.2, 0.25) is 0 Å². The van der Waals surface area contributed by atoms with Crippen LogP contribution in [0.3, 0.4) is 0 Å². The molecule has 0 bridgehead atoms. The molecule has 2 aromatic heterocycles. The largest absolute Gasteiger partial charge is 0.493 e. The Morgan fingerprint density at radius 3 is 2.39 bits per heavy atom. The number of fused-ring (bicyclic) bond motifs is 1. The molecule has 1 N–H and O–H groups in total. The van der Waals surface area contributed by atoms with Crippen molar-refractivity contribution in [2.75, 3.05) is 13.7 Å². The number of hydrogen-bond donors (Lipinski definition) is 1. The summed E-state index contributed by atoms with van der Waals surface area (Å²) in [4.78, 5) is 44.7. The first-order valence-electron chi connectivity index (χ1n) is 10.4. The molecule has 166 valence electrons. The van der Waals surface area contributed by atoms with E-state index in [1.54, 1.807) is 32.0 Å². The third-order valence-corrected chi connectivity index (χ3v) is 5.13. The van der Waals surface area contributed by atoms with Crippen molar-refractivity contribution in [3.05, 3.63) is 49.5 Å². The number of rotatable bonds is 8. The van der Waals surface area contributed by atoms with Crippen LogP contribution in [0.5, 0.6) is 11.5 Å². The molecule has 0 aliphatic rings. The lowest BCUT2D eigenvalue weighted by Gasteiger charge is -2.15. The number of aryl methyl sites for hydroxylation is 1. The Balaban J connectivity index is 2.24. The summed E-state index contributed by atoms with van der Waals surface area (Å²) in [7, 11) is 1.53. The van der Waals surface area contributed by atoms with Crippen LogP contribution in [0.25, 0.3) is 22.3 Å². The predicted molar refractivity (Wildman–Crippen MR) is 119 cm³/mol. The zero-order valence-corrected chi connectivity index (χ0v) is 18.5. The minimum absolute atomic E-state index is 0.0668. The smallest absolute Gasteiger partial charge is 0.347 e. The molecule has 0 saturated carbocycles. The Morgan fingerprint density at radius 2 is 1.77 bits per heavy atom. The summed E-state index contributed by atoms with van der Waals surface area (Å²) in [6, 6.07) is 5.19. The van der Waals surface area contributed by atoms with Crippen molar-refractivity contribution in [3.8, 4) is 22.8 Å². The molecule has 9 heteroatoms. The van der Waals surface area contributed by atoms with Crippen molar-refractivity contribution in [3.63, 3.8) is 0 Å². The van der Waals surface area contributed by atoms with E-state index in [1.165, 1.54) is 11.7 Å². The average molecular weight is 428 g/mol. The van der Waals surface area contributed by atoms with Crippen LogP contribution in [0.4, 0.5) is 0 Å². The molecule has 0 radical (unpaired) electrons. The SMILES string of the molecule is CCn1c(=O)c2c(-c3ccc(OCCC(C)C)c(OC)c3)[nH]c(=O)nc2n(CC)c1=O. The van der Waals surface area contributed by atoms with E-state index in [4.69, 9.17) is 9.47 Å². The van der Waals surface area contributed by atoms with Gasteiger partial charge in [-0.25, -0.2) is 9.59 Å². The normalized spacial score (nSPS) is 11.3. The fourth-order valence-corrected chi connectivity index (χ4v) is 3.44. The topological polar surface area (TPSA) is 108 Å². The van der Waals surface area contributed by atoms with Gasteiger partial charge in [0.1, 0.15) is 5.39 Å². The van der Waals surface area contributed by atoms with Gasteiger partial charge in [0, 0.05) is 18.7 Å². The highest BCUT2D eigenvalue weighted by Gasteiger charge is 2.19. The fraction of sp³-hybridized carbons (Fsp3) is 0.455. The minimum atomic E-state index is -0.644. The van der Waals surface area contributed by atoms with Gasteiger partial charge in [-0.2, -0.15) is 4.98 Å². The van der Waals surface area contributed by atoms with Crippen molar-refractivity contribution in [1.82, 2.24) is 19.1 Å². The maximum atomic E-state index is 13.1. The highest BCUT2D eigenvalue weighted by atomic mass is 16.5. The van der Waals surface area contributed by atoms with Crippen LogP contribution in [0.2, 0.25) is 0 Å².